The minimum absolute atomic E-state index is 0.457. The summed E-state index contributed by atoms with van der Waals surface area (Å²) in [7, 11) is 2.22. The van der Waals surface area contributed by atoms with Gasteiger partial charge in [0, 0.05) is 6.54 Å². The maximum Gasteiger partial charge on any atom is 0.0547 e. The minimum Gasteiger partial charge on any atom is -0.378 e. The Morgan fingerprint density at radius 1 is 1.38 bits per heavy atom. The fourth-order valence-corrected chi connectivity index (χ4v) is 2.47. The monoisotopic (exact) mass is 227 g/mol. The number of piperidine rings is 1. The topological polar surface area (TPSA) is 12.5 Å². The van der Waals surface area contributed by atoms with E-state index in [1.54, 1.807) is 0 Å². The number of unbranched alkanes of at least 4 members (excludes halogenated alkanes) is 2. The van der Waals surface area contributed by atoms with Crippen LogP contribution in [-0.2, 0) is 4.74 Å². The smallest absolute Gasteiger partial charge is 0.0547 e. The molecule has 0 N–H and O–H groups in total. The van der Waals surface area contributed by atoms with E-state index in [0.29, 0.717) is 6.10 Å². The van der Waals surface area contributed by atoms with Crippen molar-refractivity contribution in [3.05, 3.63) is 0 Å². The van der Waals surface area contributed by atoms with Crippen molar-refractivity contribution in [2.45, 2.75) is 58.5 Å². The highest BCUT2D eigenvalue weighted by Gasteiger charge is 2.17. The van der Waals surface area contributed by atoms with Gasteiger partial charge in [0.25, 0.3) is 0 Å². The molecule has 0 aliphatic carbocycles. The van der Waals surface area contributed by atoms with Crippen molar-refractivity contribution in [3.8, 4) is 0 Å². The number of nitrogens with zero attached hydrogens (tertiary/aromatic N) is 1. The highest BCUT2D eigenvalue weighted by Crippen LogP contribution is 2.16. The quantitative estimate of drug-likeness (QED) is 0.619. The van der Waals surface area contributed by atoms with E-state index < -0.39 is 0 Å². The summed E-state index contributed by atoms with van der Waals surface area (Å²) >= 11 is 0. The van der Waals surface area contributed by atoms with Crippen molar-refractivity contribution in [1.82, 2.24) is 4.90 Å². The molecule has 0 amide bonds. The minimum atomic E-state index is 0.457. The highest BCUT2D eigenvalue weighted by molar-refractivity contribution is 4.70. The fraction of sp³-hybridized carbons (Fsp3) is 1.00. The van der Waals surface area contributed by atoms with Gasteiger partial charge in [-0.15, -0.1) is 0 Å². The molecule has 0 aromatic heterocycles. The Balaban J connectivity index is 2.04. The molecule has 1 fully saturated rings. The van der Waals surface area contributed by atoms with Crippen LogP contribution in [0, 0.1) is 5.92 Å². The van der Waals surface area contributed by atoms with Gasteiger partial charge in [0.05, 0.1) is 12.7 Å². The van der Waals surface area contributed by atoms with Gasteiger partial charge in [0.2, 0.25) is 0 Å². The molecule has 2 nitrogen and oxygen atoms in total. The van der Waals surface area contributed by atoms with Gasteiger partial charge in [-0.3, -0.25) is 0 Å². The molecule has 0 bridgehead atoms. The Kier molecular flexibility index (Phi) is 7.06. The van der Waals surface area contributed by atoms with Crippen LogP contribution in [-0.4, -0.2) is 37.7 Å². The highest BCUT2D eigenvalue weighted by atomic mass is 16.5. The zero-order valence-corrected chi connectivity index (χ0v) is 11.4. The Morgan fingerprint density at radius 2 is 2.19 bits per heavy atom. The van der Waals surface area contributed by atoms with Crippen LogP contribution < -0.4 is 0 Å². The number of likely N-dealkylation sites (tertiary alicyclic amines) is 1. The number of ether oxygens (including phenoxy) is 1. The van der Waals surface area contributed by atoms with Crippen LogP contribution in [0.2, 0.25) is 0 Å². The summed E-state index contributed by atoms with van der Waals surface area (Å²) in [6.07, 6.45) is 8.36. The van der Waals surface area contributed by atoms with Crippen molar-refractivity contribution in [2.75, 3.05) is 26.7 Å². The van der Waals surface area contributed by atoms with Crippen molar-refractivity contribution in [1.29, 1.82) is 0 Å². The molecule has 16 heavy (non-hydrogen) atoms. The van der Waals surface area contributed by atoms with Gasteiger partial charge in [-0.05, 0) is 45.7 Å². The lowest BCUT2D eigenvalue weighted by Gasteiger charge is -2.30. The van der Waals surface area contributed by atoms with Crippen molar-refractivity contribution in [3.63, 3.8) is 0 Å². The van der Waals surface area contributed by atoms with Gasteiger partial charge < -0.3 is 9.64 Å². The van der Waals surface area contributed by atoms with Crippen LogP contribution in [0.1, 0.15) is 52.4 Å². The molecule has 2 heteroatoms. The average molecular weight is 227 g/mol. The molecular weight excluding hydrogens is 198 g/mol. The molecule has 96 valence electrons. The predicted molar refractivity (Wildman–Crippen MR) is 69.8 cm³/mol. The lowest BCUT2D eigenvalue weighted by Crippen LogP contribution is -2.34. The van der Waals surface area contributed by atoms with Gasteiger partial charge in [0.15, 0.2) is 0 Å². The standard InChI is InChI=1S/C14H29NO/c1-4-5-6-8-13(2)16-12-14-9-7-10-15(3)11-14/h13-14H,4-12H2,1-3H3. The largest absolute Gasteiger partial charge is 0.378 e. The van der Waals surface area contributed by atoms with Gasteiger partial charge in [-0.25, -0.2) is 0 Å². The predicted octanol–water partition coefficient (Wildman–Crippen LogP) is 3.31. The molecule has 0 spiro atoms. The van der Waals surface area contributed by atoms with E-state index in [4.69, 9.17) is 4.74 Å². The zero-order valence-electron chi connectivity index (χ0n) is 11.4. The number of hydrogen-bond donors (Lipinski definition) is 0. The van der Waals surface area contributed by atoms with E-state index in [1.165, 1.54) is 51.6 Å². The maximum atomic E-state index is 5.95. The first-order valence-corrected chi connectivity index (χ1v) is 7.02. The molecule has 1 saturated heterocycles. The third-order valence-electron chi connectivity index (χ3n) is 3.55. The summed E-state index contributed by atoms with van der Waals surface area (Å²) in [5.41, 5.74) is 0. The summed E-state index contributed by atoms with van der Waals surface area (Å²) in [4.78, 5) is 2.43. The van der Waals surface area contributed by atoms with Gasteiger partial charge >= 0.3 is 0 Å². The van der Waals surface area contributed by atoms with Crippen molar-refractivity contribution >= 4 is 0 Å². The Bertz CT molecular complexity index is 172. The van der Waals surface area contributed by atoms with E-state index in [-0.39, 0.29) is 0 Å². The van der Waals surface area contributed by atoms with E-state index in [2.05, 4.69) is 25.8 Å². The zero-order chi connectivity index (χ0) is 11.8. The Morgan fingerprint density at radius 3 is 2.88 bits per heavy atom. The number of hydrogen-bond acceptors (Lipinski definition) is 2. The van der Waals surface area contributed by atoms with E-state index in [9.17, 15) is 0 Å². The van der Waals surface area contributed by atoms with Gasteiger partial charge in [-0.1, -0.05) is 26.2 Å². The van der Waals surface area contributed by atoms with Crippen LogP contribution >= 0.6 is 0 Å². The van der Waals surface area contributed by atoms with Gasteiger partial charge in [0.1, 0.15) is 0 Å². The van der Waals surface area contributed by atoms with Crippen LogP contribution in [0.4, 0.5) is 0 Å². The molecule has 2 atom stereocenters. The first-order valence-electron chi connectivity index (χ1n) is 7.02. The van der Waals surface area contributed by atoms with Crippen LogP contribution in [0.25, 0.3) is 0 Å². The summed E-state index contributed by atoms with van der Waals surface area (Å²) in [6.45, 7) is 7.94. The third kappa shape index (κ3) is 5.86. The number of rotatable bonds is 7. The molecule has 1 heterocycles. The summed E-state index contributed by atoms with van der Waals surface area (Å²) in [5, 5.41) is 0. The molecule has 1 aliphatic heterocycles. The summed E-state index contributed by atoms with van der Waals surface area (Å²) < 4.78 is 5.95. The van der Waals surface area contributed by atoms with Crippen LogP contribution in [0.5, 0.6) is 0 Å². The average Bonchev–Trinajstić information content (AvgIpc) is 2.27. The van der Waals surface area contributed by atoms with Gasteiger partial charge in [-0.2, -0.15) is 0 Å². The second-order valence-electron chi connectivity index (χ2n) is 5.41. The van der Waals surface area contributed by atoms with E-state index in [0.717, 1.165) is 12.5 Å². The van der Waals surface area contributed by atoms with E-state index in [1.807, 2.05) is 0 Å². The molecule has 0 aromatic rings. The first kappa shape index (κ1) is 14.0. The fourth-order valence-electron chi connectivity index (χ4n) is 2.47. The second-order valence-corrected chi connectivity index (χ2v) is 5.41. The second kappa shape index (κ2) is 8.08. The van der Waals surface area contributed by atoms with Crippen molar-refractivity contribution < 1.29 is 4.74 Å². The molecule has 1 rings (SSSR count). The normalized spacial score (nSPS) is 24.6. The van der Waals surface area contributed by atoms with Crippen molar-refractivity contribution in [2.24, 2.45) is 5.92 Å². The lowest BCUT2D eigenvalue weighted by molar-refractivity contribution is 0.0163. The SMILES string of the molecule is CCCCCC(C)OCC1CCCN(C)C1. The molecule has 2 unspecified atom stereocenters. The molecule has 0 radical (unpaired) electrons. The van der Waals surface area contributed by atoms with Crippen LogP contribution in [0.15, 0.2) is 0 Å². The maximum absolute atomic E-state index is 5.95. The van der Waals surface area contributed by atoms with Crippen LogP contribution in [0.3, 0.4) is 0 Å². The molecule has 0 saturated carbocycles. The van der Waals surface area contributed by atoms with E-state index >= 15 is 0 Å². The summed E-state index contributed by atoms with van der Waals surface area (Å²) in [6, 6.07) is 0. The first-order chi connectivity index (χ1) is 7.72. The Labute approximate surface area is 101 Å². The lowest BCUT2D eigenvalue weighted by atomic mass is 9.99. The summed E-state index contributed by atoms with van der Waals surface area (Å²) in [5.74, 6) is 0.771. The molecule has 1 aliphatic rings. The third-order valence-corrected chi connectivity index (χ3v) is 3.55. The Hall–Kier alpha value is -0.0800. The molecule has 0 aromatic carbocycles. The molecular formula is C14H29NO.